The molecule has 0 fully saturated rings. The van der Waals surface area contributed by atoms with E-state index in [0.717, 1.165) is 17.2 Å². The fourth-order valence-corrected chi connectivity index (χ4v) is 3.15. The summed E-state index contributed by atoms with van der Waals surface area (Å²) in [5, 5.41) is 1.76. The average molecular weight is 341 g/mol. The van der Waals surface area contributed by atoms with Crippen molar-refractivity contribution >= 4 is 17.2 Å². The lowest BCUT2D eigenvalue weighted by Gasteiger charge is -2.24. The van der Waals surface area contributed by atoms with Crippen LogP contribution in [-0.2, 0) is 19.6 Å². The molecule has 3 aromatic rings. The number of hydrogen-bond donors (Lipinski definition) is 0. The van der Waals surface area contributed by atoms with Gasteiger partial charge in [-0.05, 0) is 12.1 Å². The number of aromatic nitrogens is 2. The topological polar surface area (TPSA) is 68.5 Å². The van der Waals surface area contributed by atoms with Crippen LogP contribution in [0.15, 0.2) is 45.6 Å². The fraction of sp³-hybridized carbons (Fsp3) is 0.235. The first-order valence-corrected chi connectivity index (χ1v) is 8.56. The zero-order chi connectivity index (χ0) is 16.4. The maximum atomic E-state index is 12.4. The Labute approximate surface area is 142 Å². The molecule has 7 heteroatoms. The van der Waals surface area contributed by atoms with Crippen LogP contribution in [0.1, 0.15) is 27.8 Å². The van der Waals surface area contributed by atoms with Crippen molar-refractivity contribution in [1.29, 1.82) is 0 Å². The molecular weight excluding hydrogens is 326 g/mol. The van der Waals surface area contributed by atoms with Crippen molar-refractivity contribution < 1.29 is 13.9 Å². The normalized spacial score (nSPS) is 13.6. The molecule has 0 unspecified atom stereocenters. The summed E-state index contributed by atoms with van der Waals surface area (Å²) >= 11 is 1.42. The third-order valence-electron chi connectivity index (χ3n) is 3.82. The van der Waals surface area contributed by atoms with Crippen molar-refractivity contribution in [3.05, 3.63) is 64.3 Å². The molecule has 0 saturated heterocycles. The molecule has 24 heavy (non-hydrogen) atoms. The van der Waals surface area contributed by atoms with E-state index >= 15 is 0 Å². The van der Waals surface area contributed by atoms with E-state index in [1.807, 2.05) is 30.3 Å². The number of benzene rings is 1. The van der Waals surface area contributed by atoms with Gasteiger partial charge in [-0.1, -0.05) is 18.2 Å². The van der Waals surface area contributed by atoms with E-state index in [0.29, 0.717) is 31.1 Å². The minimum Gasteiger partial charge on any atom is -0.484 e. The summed E-state index contributed by atoms with van der Waals surface area (Å²) < 4.78 is 11.4. The molecule has 0 spiro atoms. The largest absolute Gasteiger partial charge is 0.484 e. The molecule has 2 aromatic heterocycles. The number of oxazole rings is 1. The van der Waals surface area contributed by atoms with Crippen LogP contribution in [0, 0.1) is 0 Å². The standard InChI is InChI=1S/C17H15N3O3S/c21-17(14-10-24-11-18-14)20-7-6-13-15(8-20)23-16(19-13)9-22-12-4-2-1-3-5-12/h1-5,10-11H,6-9H2. The first kappa shape index (κ1) is 14.9. The molecule has 3 heterocycles. The quantitative estimate of drug-likeness (QED) is 0.730. The minimum atomic E-state index is -0.0691. The summed E-state index contributed by atoms with van der Waals surface area (Å²) in [5.41, 5.74) is 3.05. The first-order valence-electron chi connectivity index (χ1n) is 7.62. The maximum Gasteiger partial charge on any atom is 0.273 e. The van der Waals surface area contributed by atoms with Gasteiger partial charge in [-0.3, -0.25) is 4.79 Å². The van der Waals surface area contributed by atoms with Gasteiger partial charge in [-0.25, -0.2) is 9.97 Å². The third-order valence-corrected chi connectivity index (χ3v) is 4.41. The highest BCUT2D eigenvalue weighted by Crippen LogP contribution is 2.22. The van der Waals surface area contributed by atoms with Gasteiger partial charge >= 0.3 is 0 Å². The molecule has 1 aliphatic rings. The van der Waals surface area contributed by atoms with Gasteiger partial charge in [0.2, 0.25) is 5.89 Å². The molecule has 1 aromatic carbocycles. The lowest BCUT2D eigenvalue weighted by atomic mass is 10.1. The Balaban J connectivity index is 1.43. The van der Waals surface area contributed by atoms with Gasteiger partial charge in [0, 0.05) is 18.3 Å². The predicted molar refractivity (Wildman–Crippen MR) is 87.8 cm³/mol. The molecule has 0 radical (unpaired) electrons. The molecule has 1 amide bonds. The van der Waals surface area contributed by atoms with Crippen molar-refractivity contribution in [2.24, 2.45) is 0 Å². The number of amides is 1. The van der Waals surface area contributed by atoms with Crippen LogP contribution < -0.4 is 4.74 Å². The van der Waals surface area contributed by atoms with Crippen LogP contribution in [0.4, 0.5) is 0 Å². The second-order valence-corrected chi connectivity index (χ2v) is 6.15. The molecule has 1 aliphatic heterocycles. The Morgan fingerprint density at radius 3 is 3.00 bits per heavy atom. The SMILES string of the molecule is O=C(c1cscn1)N1CCc2nc(COc3ccccc3)oc2C1. The van der Waals surface area contributed by atoms with E-state index in [1.54, 1.807) is 15.8 Å². The van der Waals surface area contributed by atoms with Crippen molar-refractivity contribution in [3.8, 4) is 5.75 Å². The summed E-state index contributed by atoms with van der Waals surface area (Å²) in [5.74, 6) is 1.97. The Morgan fingerprint density at radius 2 is 2.21 bits per heavy atom. The highest BCUT2D eigenvalue weighted by molar-refractivity contribution is 7.07. The summed E-state index contributed by atoms with van der Waals surface area (Å²) in [6.07, 6.45) is 0.681. The predicted octanol–water partition coefficient (Wildman–Crippen LogP) is 2.91. The van der Waals surface area contributed by atoms with E-state index in [9.17, 15) is 4.79 Å². The third kappa shape index (κ3) is 3.03. The molecule has 0 aliphatic carbocycles. The van der Waals surface area contributed by atoms with Gasteiger partial charge in [0.15, 0.2) is 6.61 Å². The van der Waals surface area contributed by atoms with Gasteiger partial charge in [-0.2, -0.15) is 0 Å². The summed E-state index contributed by atoms with van der Waals surface area (Å²) in [6, 6.07) is 9.54. The maximum absolute atomic E-state index is 12.4. The Kier molecular flexibility index (Phi) is 4.00. The Bertz CT molecular complexity index is 830. The van der Waals surface area contributed by atoms with Crippen LogP contribution in [0.2, 0.25) is 0 Å². The van der Waals surface area contributed by atoms with Crippen molar-refractivity contribution in [1.82, 2.24) is 14.9 Å². The van der Waals surface area contributed by atoms with E-state index in [4.69, 9.17) is 9.15 Å². The van der Waals surface area contributed by atoms with Gasteiger partial charge in [0.1, 0.15) is 17.2 Å². The zero-order valence-electron chi connectivity index (χ0n) is 12.8. The minimum absolute atomic E-state index is 0.0691. The van der Waals surface area contributed by atoms with Crippen LogP contribution in [0.25, 0.3) is 0 Å². The van der Waals surface area contributed by atoms with Crippen LogP contribution in [0.5, 0.6) is 5.75 Å². The van der Waals surface area contributed by atoms with Gasteiger partial charge in [0.05, 0.1) is 17.7 Å². The van der Waals surface area contributed by atoms with E-state index in [2.05, 4.69) is 9.97 Å². The van der Waals surface area contributed by atoms with Crippen molar-refractivity contribution in [2.75, 3.05) is 6.54 Å². The monoisotopic (exact) mass is 341 g/mol. The molecule has 4 rings (SSSR count). The molecule has 0 bridgehead atoms. The number of hydrogen-bond acceptors (Lipinski definition) is 6. The van der Waals surface area contributed by atoms with Crippen LogP contribution in [-0.4, -0.2) is 27.3 Å². The second-order valence-electron chi connectivity index (χ2n) is 5.43. The van der Waals surface area contributed by atoms with E-state index in [-0.39, 0.29) is 12.5 Å². The van der Waals surface area contributed by atoms with Gasteiger partial charge < -0.3 is 14.1 Å². The Hall–Kier alpha value is -2.67. The molecule has 0 atom stereocenters. The molecule has 122 valence electrons. The Morgan fingerprint density at radius 1 is 1.33 bits per heavy atom. The molecule has 0 saturated carbocycles. The average Bonchev–Trinajstić information content (AvgIpc) is 3.29. The van der Waals surface area contributed by atoms with Crippen molar-refractivity contribution in [2.45, 2.75) is 19.6 Å². The summed E-state index contributed by atoms with van der Waals surface area (Å²) in [4.78, 5) is 22.7. The molecule has 0 N–H and O–H groups in total. The number of fused-ring (bicyclic) bond motifs is 1. The number of ether oxygens (including phenoxy) is 1. The van der Waals surface area contributed by atoms with E-state index in [1.165, 1.54) is 11.3 Å². The van der Waals surface area contributed by atoms with E-state index < -0.39 is 0 Å². The summed E-state index contributed by atoms with van der Waals surface area (Å²) in [6.45, 7) is 1.32. The number of para-hydroxylation sites is 1. The number of rotatable bonds is 4. The smallest absolute Gasteiger partial charge is 0.273 e. The molecular formula is C17H15N3O3S. The first-order chi connectivity index (χ1) is 11.8. The lowest BCUT2D eigenvalue weighted by molar-refractivity contribution is 0.0713. The highest BCUT2D eigenvalue weighted by atomic mass is 32.1. The summed E-state index contributed by atoms with van der Waals surface area (Å²) in [7, 11) is 0. The fourth-order valence-electron chi connectivity index (χ4n) is 2.63. The number of carbonyl (C=O) groups excluding carboxylic acids is 1. The molecule has 6 nitrogen and oxygen atoms in total. The van der Waals surface area contributed by atoms with Crippen LogP contribution >= 0.6 is 11.3 Å². The van der Waals surface area contributed by atoms with Gasteiger partial charge in [-0.15, -0.1) is 11.3 Å². The number of thiazole rings is 1. The van der Waals surface area contributed by atoms with Gasteiger partial charge in [0.25, 0.3) is 5.91 Å². The highest BCUT2D eigenvalue weighted by Gasteiger charge is 2.27. The second kappa shape index (κ2) is 6.45. The zero-order valence-corrected chi connectivity index (χ0v) is 13.7. The number of carbonyl (C=O) groups is 1. The van der Waals surface area contributed by atoms with Crippen molar-refractivity contribution in [3.63, 3.8) is 0 Å². The number of nitrogens with zero attached hydrogens (tertiary/aromatic N) is 3. The van der Waals surface area contributed by atoms with Crippen LogP contribution in [0.3, 0.4) is 0 Å². The lowest BCUT2D eigenvalue weighted by Crippen LogP contribution is -2.35.